The Morgan fingerprint density at radius 2 is 1.14 bits per heavy atom. The second kappa shape index (κ2) is 7.53. The van der Waals surface area contributed by atoms with Gasteiger partial charge in [0.2, 0.25) is 0 Å². The zero-order valence-corrected chi connectivity index (χ0v) is 12.7. The van der Waals surface area contributed by atoms with Gasteiger partial charge in [-0.15, -0.1) is 0 Å². The Kier molecular flexibility index (Phi) is 5.46. The lowest BCUT2D eigenvalue weighted by Gasteiger charge is -2.10. The molecule has 114 valence electrons. The molecular formula is C14H12Cl2N4O2. The lowest BCUT2D eigenvalue weighted by atomic mass is 10.3. The molecule has 0 radical (unpaired) electrons. The molecule has 2 rings (SSSR count). The average molecular weight is 339 g/mol. The van der Waals surface area contributed by atoms with Crippen LogP contribution in [0.5, 0.6) is 0 Å². The molecule has 8 heteroatoms. The van der Waals surface area contributed by atoms with Gasteiger partial charge in [-0.3, -0.25) is 31.3 Å². The second-order valence-electron chi connectivity index (χ2n) is 4.18. The van der Waals surface area contributed by atoms with Crippen LogP contribution in [0, 0.1) is 0 Å². The number of carbonyl (C=O) groups is 2. The maximum atomic E-state index is 11.6. The molecule has 0 spiro atoms. The van der Waals surface area contributed by atoms with Gasteiger partial charge in [0.25, 0.3) is 0 Å². The van der Waals surface area contributed by atoms with Crippen molar-refractivity contribution in [1.29, 1.82) is 0 Å². The normalized spacial score (nSPS) is 9.73. The van der Waals surface area contributed by atoms with Crippen LogP contribution in [0.4, 0.5) is 11.4 Å². The number of nitrogens with one attached hydrogen (secondary N) is 4. The first-order chi connectivity index (χ1) is 10.5. The van der Waals surface area contributed by atoms with E-state index >= 15 is 0 Å². The van der Waals surface area contributed by atoms with Crippen molar-refractivity contribution in [2.24, 2.45) is 0 Å². The third kappa shape index (κ3) is 4.83. The minimum Gasteiger partial charge on any atom is -0.298 e. The molecule has 0 aliphatic rings. The van der Waals surface area contributed by atoms with Gasteiger partial charge in [0.05, 0.1) is 11.4 Å². The summed E-state index contributed by atoms with van der Waals surface area (Å²) in [4.78, 5) is 23.2. The highest BCUT2D eigenvalue weighted by Crippen LogP contribution is 2.14. The van der Waals surface area contributed by atoms with Crippen molar-refractivity contribution < 1.29 is 9.59 Å². The molecule has 0 aliphatic carbocycles. The van der Waals surface area contributed by atoms with Crippen molar-refractivity contribution in [2.45, 2.75) is 0 Å². The van der Waals surface area contributed by atoms with Gasteiger partial charge in [0.15, 0.2) is 0 Å². The quantitative estimate of drug-likeness (QED) is 0.510. The topological polar surface area (TPSA) is 82.3 Å². The second-order valence-corrected chi connectivity index (χ2v) is 5.05. The predicted molar refractivity (Wildman–Crippen MR) is 86.4 cm³/mol. The molecule has 0 saturated heterocycles. The molecule has 0 saturated carbocycles. The molecule has 2 aromatic rings. The highest BCUT2D eigenvalue weighted by Gasteiger charge is 2.12. The molecule has 0 bridgehead atoms. The molecule has 22 heavy (non-hydrogen) atoms. The van der Waals surface area contributed by atoms with Gasteiger partial charge in [-0.2, -0.15) is 0 Å². The van der Waals surface area contributed by atoms with E-state index in [9.17, 15) is 9.59 Å². The maximum Gasteiger partial charge on any atom is 0.329 e. The van der Waals surface area contributed by atoms with Crippen LogP contribution in [0.25, 0.3) is 0 Å². The first-order valence-electron chi connectivity index (χ1n) is 6.18. The van der Waals surface area contributed by atoms with E-state index in [1.165, 1.54) is 0 Å². The maximum absolute atomic E-state index is 11.6. The lowest BCUT2D eigenvalue weighted by molar-refractivity contribution is -0.138. The first-order valence-corrected chi connectivity index (χ1v) is 6.93. The van der Waals surface area contributed by atoms with Gasteiger partial charge in [0.1, 0.15) is 0 Å². The predicted octanol–water partition coefficient (Wildman–Crippen LogP) is 2.58. The Balaban J connectivity index is 1.81. The number of benzene rings is 2. The van der Waals surface area contributed by atoms with Crippen molar-refractivity contribution in [2.75, 3.05) is 10.9 Å². The number of hydrogen-bond donors (Lipinski definition) is 4. The summed E-state index contributed by atoms with van der Waals surface area (Å²) in [6.07, 6.45) is 0. The van der Waals surface area contributed by atoms with Crippen molar-refractivity contribution in [3.8, 4) is 0 Å². The van der Waals surface area contributed by atoms with Crippen molar-refractivity contribution in [3.05, 3.63) is 58.6 Å². The molecule has 2 amide bonds. The molecule has 0 aromatic heterocycles. The highest BCUT2D eigenvalue weighted by atomic mass is 35.5. The van der Waals surface area contributed by atoms with Gasteiger partial charge < -0.3 is 0 Å². The van der Waals surface area contributed by atoms with Crippen LogP contribution in [-0.4, -0.2) is 11.8 Å². The number of halogens is 2. The molecule has 0 fully saturated rings. The van der Waals surface area contributed by atoms with E-state index < -0.39 is 11.8 Å². The van der Waals surface area contributed by atoms with Crippen molar-refractivity contribution in [1.82, 2.24) is 10.9 Å². The average Bonchev–Trinajstić information content (AvgIpc) is 2.50. The summed E-state index contributed by atoms with van der Waals surface area (Å²) in [6.45, 7) is 0. The minimum atomic E-state index is -0.866. The van der Waals surface area contributed by atoms with E-state index in [1.54, 1.807) is 48.5 Å². The van der Waals surface area contributed by atoms with E-state index in [4.69, 9.17) is 23.2 Å². The van der Waals surface area contributed by atoms with Crippen LogP contribution in [0.2, 0.25) is 10.0 Å². The first kappa shape index (κ1) is 15.9. The molecule has 2 aromatic carbocycles. The van der Waals surface area contributed by atoms with Crippen LogP contribution in [0.1, 0.15) is 0 Å². The van der Waals surface area contributed by atoms with Gasteiger partial charge in [0, 0.05) is 10.0 Å². The number of anilines is 2. The number of carbonyl (C=O) groups excluding carboxylic acids is 2. The van der Waals surface area contributed by atoms with Crippen LogP contribution in [0.15, 0.2) is 48.5 Å². The largest absolute Gasteiger partial charge is 0.329 e. The molecular weight excluding hydrogens is 327 g/mol. The Morgan fingerprint density at radius 1 is 0.727 bits per heavy atom. The molecule has 6 nitrogen and oxygen atoms in total. The fraction of sp³-hybridized carbons (Fsp3) is 0. The summed E-state index contributed by atoms with van der Waals surface area (Å²) in [5.41, 5.74) is 10.8. The molecule has 0 atom stereocenters. The zero-order chi connectivity index (χ0) is 15.9. The number of hydrazine groups is 2. The number of amides is 2. The monoisotopic (exact) mass is 338 g/mol. The van der Waals surface area contributed by atoms with E-state index in [0.29, 0.717) is 21.4 Å². The van der Waals surface area contributed by atoms with Gasteiger partial charge in [-0.05, 0) is 36.4 Å². The van der Waals surface area contributed by atoms with Gasteiger partial charge >= 0.3 is 11.8 Å². The summed E-state index contributed by atoms with van der Waals surface area (Å²) >= 11 is 11.6. The third-order valence-corrected chi connectivity index (χ3v) is 2.97. The Morgan fingerprint density at radius 3 is 1.50 bits per heavy atom. The smallest absolute Gasteiger partial charge is 0.298 e. The summed E-state index contributed by atoms with van der Waals surface area (Å²) in [6, 6.07) is 13.4. The number of rotatable bonds is 4. The molecule has 0 unspecified atom stereocenters. The van der Waals surface area contributed by atoms with Crippen LogP contribution < -0.4 is 21.7 Å². The molecule has 4 N–H and O–H groups in total. The van der Waals surface area contributed by atoms with E-state index in [2.05, 4.69) is 21.7 Å². The Bertz CT molecular complexity index is 635. The van der Waals surface area contributed by atoms with Crippen LogP contribution in [-0.2, 0) is 9.59 Å². The fourth-order valence-electron chi connectivity index (χ4n) is 1.50. The Hall–Kier alpha value is -2.44. The minimum absolute atomic E-state index is 0.506. The lowest BCUT2D eigenvalue weighted by Crippen LogP contribution is -2.44. The SMILES string of the molecule is O=C(NNc1cccc(Cl)c1)C(=O)NNc1cccc(Cl)c1. The van der Waals surface area contributed by atoms with Crippen LogP contribution in [0.3, 0.4) is 0 Å². The number of hydrogen-bond acceptors (Lipinski definition) is 4. The summed E-state index contributed by atoms with van der Waals surface area (Å²) in [5.74, 6) is -1.73. The standard InChI is InChI=1S/C14H12Cl2N4O2/c15-9-3-1-5-11(7-9)17-19-13(21)14(22)20-18-12-6-2-4-10(16)8-12/h1-8,17-18H,(H,19,21)(H,20,22). The van der Waals surface area contributed by atoms with E-state index in [0.717, 1.165) is 0 Å². The van der Waals surface area contributed by atoms with Crippen molar-refractivity contribution in [3.63, 3.8) is 0 Å². The molecule has 0 heterocycles. The van der Waals surface area contributed by atoms with Gasteiger partial charge in [-0.25, -0.2) is 0 Å². The van der Waals surface area contributed by atoms with E-state index in [-0.39, 0.29) is 0 Å². The zero-order valence-electron chi connectivity index (χ0n) is 11.2. The summed E-state index contributed by atoms with van der Waals surface area (Å²) < 4.78 is 0. The summed E-state index contributed by atoms with van der Waals surface area (Å²) in [7, 11) is 0. The van der Waals surface area contributed by atoms with E-state index in [1.807, 2.05) is 0 Å². The van der Waals surface area contributed by atoms with Crippen LogP contribution >= 0.6 is 23.2 Å². The molecule has 0 aliphatic heterocycles. The van der Waals surface area contributed by atoms with Crippen molar-refractivity contribution >= 4 is 46.4 Å². The summed E-state index contributed by atoms with van der Waals surface area (Å²) in [5, 5.41) is 1.01. The fourth-order valence-corrected chi connectivity index (χ4v) is 1.88. The third-order valence-electron chi connectivity index (χ3n) is 2.50. The van der Waals surface area contributed by atoms with Gasteiger partial charge in [-0.1, -0.05) is 35.3 Å². The Labute approximate surface area is 136 Å². The highest BCUT2D eigenvalue weighted by molar-refractivity contribution is 6.35.